The maximum absolute atomic E-state index is 3.62. The van der Waals surface area contributed by atoms with E-state index in [0.29, 0.717) is 0 Å². The topological polar surface area (TPSA) is 0 Å². The summed E-state index contributed by atoms with van der Waals surface area (Å²) in [4.78, 5) is 0. The molecule has 0 nitrogen and oxygen atoms in total. The van der Waals surface area contributed by atoms with Crippen LogP contribution in [0, 0.1) is 13.8 Å². The van der Waals surface area contributed by atoms with Gasteiger partial charge in [0, 0.05) is 8.95 Å². The van der Waals surface area contributed by atoms with Crippen LogP contribution in [0.2, 0.25) is 0 Å². The second-order valence-corrected chi connectivity index (χ2v) is 9.59. The van der Waals surface area contributed by atoms with E-state index in [-0.39, 0.29) is 0 Å². The molecule has 5 rings (SSSR count). The Morgan fingerprint density at radius 2 is 0.800 bits per heavy atom. The Bertz CT molecular complexity index is 1260. The monoisotopic (exact) mass is 514 g/mol. The molecular formula is C28H20Br2. The molecule has 0 atom stereocenters. The lowest BCUT2D eigenvalue weighted by Gasteiger charge is -2.20. The van der Waals surface area contributed by atoms with Gasteiger partial charge in [-0.25, -0.2) is 0 Å². The van der Waals surface area contributed by atoms with Crippen LogP contribution >= 0.6 is 31.9 Å². The number of halogens is 2. The van der Waals surface area contributed by atoms with Gasteiger partial charge in [0.1, 0.15) is 0 Å². The third-order valence-corrected chi connectivity index (χ3v) is 6.83. The average Bonchev–Trinajstić information content (AvgIpc) is 2.73. The molecule has 146 valence electrons. The molecule has 0 aliphatic rings. The number of fused-ring (bicyclic) bond motifs is 2. The number of hydrogen-bond donors (Lipinski definition) is 0. The van der Waals surface area contributed by atoms with Crippen LogP contribution < -0.4 is 0 Å². The molecule has 0 saturated heterocycles. The first kappa shape index (κ1) is 19.5. The van der Waals surface area contributed by atoms with Gasteiger partial charge in [-0.15, -0.1) is 0 Å². The van der Waals surface area contributed by atoms with Gasteiger partial charge in [0.25, 0.3) is 0 Å². The highest BCUT2D eigenvalue weighted by Crippen LogP contribution is 2.45. The molecule has 5 aromatic carbocycles. The van der Waals surface area contributed by atoms with Crippen molar-refractivity contribution >= 4 is 53.4 Å². The molecule has 0 aliphatic heterocycles. The van der Waals surface area contributed by atoms with Gasteiger partial charge in [0.15, 0.2) is 0 Å². The quantitative estimate of drug-likeness (QED) is 0.205. The summed E-state index contributed by atoms with van der Waals surface area (Å²) >= 11 is 7.24. The van der Waals surface area contributed by atoms with E-state index in [1.807, 2.05) is 0 Å². The fraction of sp³-hybridized carbons (Fsp3) is 0.0714. The number of benzene rings is 5. The molecule has 0 bridgehead atoms. The predicted molar refractivity (Wildman–Crippen MR) is 137 cm³/mol. The standard InChI is InChI=1S/C28H20Br2/c1-17-15-19(29)11-13-21(17)27-23-7-3-5-9-25(23)28(26-10-6-4-8-24(26)27)22-14-12-20(30)16-18(22)2/h3-16H,1-2H3. The molecule has 5 aromatic rings. The van der Waals surface area contributed by atoms with Crippen LogP contribution in [-0.4, -0.2) is 0 Å². The van der Waals surface area contributed by atoms with Crippen LogP contribution in [0.5, 0.6) is 0 Å². The lowest BCUT2D eigenvalue weighted by molar-refractivity contribution is 1.45. The van der Waals surface area contributed by atoms with E-state index < -0.39 is 0 Å². The zero-order chi connectivity index (χ0) is 20.8. The van der Waals surface area contributed by atoms with E-state index >= 15 is 0 Å². The second kappa shape index (κ2) is 7.68. The van der Waals surface area contributed by atoms with E-state index in [9.17, 15) is 0 Å². The molecule has 30 heavy (non-hydrogen) atoms. The average molecular weight is 516 g/mol. The number of hydrogen-bond acceptors (Lipinski definition) is 0. The first-order valence-corrected chi connectivity index (χ1v) is 11.6. The van der Waals surface area contributed by atoms with Crippen molar-refractivity contribution in [2.24, 2.45) is 0 Å². The Morgan fingerprint density at radius 1 is 0.467 bits per heavy atom. The second-order valence-electron chi connectivity index (χ2n) is 7.76. The van der Waals surface area contributed by atoms with Crippen molar-refractivity contribution < 1.29 is 0 Å². The lowest BCUT2D eigenvalue weighted by atomic mass is 9.84. The zero-order valence-electron chi connectivity index (χ0n) is 16.8. The van der Waals surface area contributed by atoms with Gasteiger partial charge in [0.2, 0.25) is 0 Å². The molecule has 0 heterocycles. The van der Waals surface area contributed by atoms with E-state index in [0.717, 1.165) is 8.95 Å². The minimum absolute atomic E-state index is 1.11. The van der Waals surface area contributed by atoms with Crippen molar-refractivity contribution in [1.29, 1.82) is 0 Å². The first-order valence-electron chi connectivity index (χ1n) is 10.0. The molecule has 0 fully saturated rings. The molecule has 0 N–H and O–H groups in total. The van der Waals surface area contributed by atoms with Crippen LogP contribution in [0.3, 0.4) is 0 Å². The highest BCUT2D eigenvalue weighted by atomic mass is 79.9. The minimum atomic E-state index is 1.11. The smallest absolute Gasteiger partial charge is 0.0178 e. The molecule has 0 aromatic heterocycles. The number of aryl methyl sites for hydroxylation is 2. The fourth-order valence-corrected chi connectivity index (χ4v) is 5.48. The van der Waals surface area contributed by atoms with Crippen LogP contribution in [0.25, 0.3) is 43.8 Å². The molecule has 0 saturated carbocycles. The van der Waals surface area contributed by atoms with Crippen molar-refractivity contribution in [1.82, 2.24) is 0 Å². The largest absolute Gasteiger partial charge is 0.0616 e. The van der Waals surface area contributed by atoms with Gasteiger partial charge in [-0.05, 0) is 93.0 Å². The highest BCUT2D eigenvalue weighted by Gasteiger charge is 2.18. The summed E-state index contributed by atoms with van der Waals surface area (Å²) in [5, 5.41) is 5.16. The number of rotatable bonds is 2. The molecule has 0 aliphatic carbocycles. The Hall–Kier alpha value is -2.42. The van der Waals surface area contributed by atoms with Crippen molar-refractivity contribution in [3.63, 3.8) is 0 Å². The van der Waals surface area contributed by atoms with Crippen molar-refractivity contribution in [2.75, 3.05) is 0 Å². The Labute approximate surface area is 193 Å². The van der Waals surface area contributed by atoms with Crippen LogP contribution in [0.4, 0.5) is 0 Å². The van der Waals surface area contributed by atoms with Gasteiger partial charge >= 0.3 is 0 Å². The summed E-state index contributed by atoms with van der Waals surface area (Å²) in [5.74, 6) is 0. The Balaban J connectivity index is 2.00. The molecule has 0 radical (unpaired) electrons. The Morgan fingerprint density at radius 3 is 1.10 bits per heavy atom. The van der Waals surface area contributed by atoms with Gasteiger partial charge in [-0.3, -0.25) is 0 Å². The lowest BCUT2D eigenvalue weighted by Crippen LogP contribution is -1.93. The van der Waals surface area contributed by atoms with Crippen LogP contribution in [0.1, 0.15) is 11.1 Å². The van der Waals surface area contributed by atoms with E-state index in [2.05, 4.69) is 131 Å². The Kier molecular flexibility index (Phi) is 5.00. The van der Waals surface area contributed by atoms with E-state index in [1.54, 1.807) is 0 Å². The normalized spacial score (nSPS) is 11.3. The SMILES string of the molecule is Cc1cc(Br)ccc1-c1c2ccccc2c(-c2ccc(Br)cc2C)c2ccccc12. The van der Waals surface area contributed by atoms with Crippen LogP contribution in [0.15, 0.2) is 93.9 Å². The molecule has 0 amide bonds. The summed E-state index contributed by atoms with van der Waals surface area (Å²) in [5.41, 5.74) is 7.73. The fourth-order valence-electron chi connectivity index (χ4n) is 4.52. The maximum Gasteiger partial charge on any atom is 0.0178 e. The van der Waals surface area contributed by atoms with Gasteiger partial charge in [-0.2, -0.15) is 0 Å². The van der Waals surface area contributed by atoms with Gasteiger partial charge in [-0.1, -0.05) is 92.5 Å². The first-order chi connectivity index (χ1) is 14.5. The molecule has 0 spiro atoms. The third-order valence-electron chi connectivity index (χ3n) is 5.85. The highest BCUT2D eigenvalue weighted by molar-refractivity contribution is 9.10. The summed E-state index contributed by atoms with van der Waals surface area (Å²) < 4.78 is 2.22. The van der Waals surface area contributed by atoms with Crippen molar-refractivity contribution in [3.8, 4) is 22.3 Å². The maximum atomic E-state index is 3.62. The summed E-state index contributed by atoms with van der Waals surface area (Å²) in [7, 11) is 0. The molecule has 2 heteroatoms. The van der Waals surface area contributed by atoms with Crippen molar-refractivity contribution in [2.45, 2.75) is 13.8 Å². The van der Waals surface area contributed by atoms with Gasteiger partial charge in [0.05, 0.1) is 0 Å². The van der Waals surface area contributed by atoms with E-state index in [1.165, 1.54) is 54.9 Å². The minimum Gasteiger partial charge on any atom is -0.0616 e. The van der Waals surface area contributed by atoms with Gasteiger partial charge < -0.3 is 0 Å². The predicted octanol–water partition coefficient (Wildman–Crippen LogP) is 9.47. The zero-order valence-corrected chi connectivity index (χ0v) is 20.0. The summed E-state index contributed by atoms with van der Waals surface area (Å²) in [6, 6.07) is 30.8. The third kappa shape index (κ3) is 3.19. The molecular weight excluding hydrogens is 496 g/mol. The molecule has 0 unspecified atom stereocenters. The van der Waals surface area contributed by atoms with Crippen molar-refractivity contribution in [3.05, 3.63) is 105 Å². The summed E-state index contributed by atoms with van der Waals surface area (Å²) in [6.07, 6.45) is 0. The summed E-state index contributed by atoms with van der Waals surface area (Å²) in [6.45, 7) is 4.38. The van der Waals surface area contributed by atoms with Crippen LogP contribution in [-0.2, 0) is 0 Å². The van der Waals surface area contributed by atoms with E-state index in [4.69, 9.17) is 0 Å².